The molecule has 1 heterocycles. The van der Waals surface area contributed by atoms with Crippen LogP contribution in [0.4, 0.5) is 0 Å². The van der Waals surface area contributed by atoms with Crippen LogP contribution >= 0.6 is 0 Å². The Morgan fingerprint density at radius 3 is 2.69 bits per heavy atom. The van der Waals surface area contributed by atoms with Gasteiger partial charge in [0.05, 0.1) is 6.42 Å². The van der Waals surface area contributed by atoms with Gasteiger partial charge in [-0.25, -0.2) is 4.79 Å². The number of rotatable bonds is 5. The predicted molar refractivity (Wildman–Crippen MR) is 53.3 cm³/mol. The molecule has 0 aliphatic carbocycles. The molecule has 0 saturated carbocycles. The number of hydrogen-bond acceptors (Lipinski definition) is 4. The summed E-state index contributed by atoms with van der Waals surface area (Å²) in [6.45, 7) is 3.68. The lowest BCUT2D eigenvalue weighted by atomic mass is 10.2. The Morgan fingerprint density at radius 1 is 1.50 bits per heavy atom. The first-order valence-electron chi connectivity index (χ1n) is 4.85. The average Bonchev–Trinajstić information content (AvgIpc) is 2.61. The number of carboxylic acids is 1. The third kappa shape index (κ3) is 3.38. The SMILES string of the molecule is C=C(CC(=O)OCN1CCCC1=O)C(=O)O. The number of carboxylic acid groups (broad SMARTS) is 1. The number of ether oxygens (including phenoxy) is 1. The first-order valence-corrected chi connectivity index (χ1v) is 4.85. The summed E-state index contributed by atoms with van der Waals surface area (Å²) in [5, 5.41) is 8.48. The highest BCUT2D eigenvalue weighted by molar-refractivity contribution is 5.91. The molecule has 1 fully saturated rings. The highest BCUT2D eigenvalue weighted by Gasteiger charge is 2.21. The summed E-state index contributed by atoms with van der Waals surface area (Å²) >= 11 is 0. The molecule has 1 aliphatic heterocycles. The first kappa shape index (κ1) is 12.2. The summed E-state index contributed by atoms with van der Waals surface area (Å²) in [7, 11) is 0. The second-order valence-corrected chi connectivity index (χ2v) is 3.49. The van der Waals surface area contributed by atoms with Crippen LogP contribution in [0.2, 0.25) is 0 Å². The summed E-state index contributed by atoms with van der Waals surface area (Å²) in [5.74, 6) is -1.97. The van der Waals surface area contributed by atoms with Gasteiger partial charge in [0.15, 0.2) is 6.73 Å². The maximum atomic E-state index is 11.1. The van der Waals surface area contributed by atoms with Crippen molar-refractivity contribution < 1.29 is 24.2 Å². The van der Waals surface area contributed by atoms with Crippen molar-refractivity contribution in [2.75, 3.05) is 13.3 Å². The highest BCUT2D eigenvalue weighted by Crippen LogP contribution is 2.09. The van der Waals surface area contributed by atoms with Gasteiger partial charge in [-0.3, -0.25) is 9.59 Å². The van der Waals surface area contributed by atoms with Gasteiger partial charge in [0.25, 0.3) is 0 Å². The van der Waals surface area contributed by atoms with Crippen molar-refractivity contribution in [3.63, 3.8) is 0 Å². The number of carbonyl (C=O) groups excluding carboxylic acids is 2. The van der Waals surface area contributed by atoms with Crippen LogP contribution in [-0.4, -0.2) is 41.1 Å². The molecular weight excluding hydrogens is 214 g/mol. The zero-order valence-electron chi connectivity index (χ0n) is 8.77. The molecule has 1 rings (SSSR count). The number of aliphatic carboxylic acids is 1. The Balaban J connectivity index is 2.27. The van der Waals surface area contributed by atoms with E-state index in [9.17, 15) is 14.4 Å². The molecule has 1 saturated heterocycles. The minimum absolute atomic E-state index is 0.0511. The van der Waals surface area contributed by atoms with E-state index < -0.39 is 11.9 Å². The molecule has 6 heteroatoms. The number of carbonyl (C=O) groups is 3. The van der Waals surface area contributed by atoms with Crippen LogP contribution in [0.15, 0.2) is 12.2 Å². The summed E-state index contributed by atoms with van der Waals surface area (Å²) < 4.78 is 4.76. The van der Waals surface area contributed by atoms with Gasteiger partial charge in [-0.15, -0.1) is 0 Å². The second kappa shape index (κ2) is 5.29. The van der Waals surface area contributed by atoms with E-state index in [0.29, 0.717) is 13.0 Å². The smallest absolute Gasteiger partial charge is 0.331 e. The van der Waals surface area contributed by atoms with E-state index in [1.165, 1.54) is 4.90 Å². The lowest BCUT2D eigenvalue weighted by molar-refractivity contribution is -0.151. The maximum Gasteiger partial charge on any atom is 0.331 e. The van der Waals surface area contributed by atoms with Gasteiger partial charge < -0.3 is 14.7 Å². The fourth-order valence-electron chi connectivity index (χ4n) is 1.29. The topological polar surface area (TPSA) is 83.9 Å². The second-order valence-electron chi connectivity index (χ2n) is 3.49. The molecule has 0 bridgehead atoms. The molecule has 1 aliphatic rings. The van der Waals surface area contributed by atoms with Crippen molar-refractivity contribution in [3.8, 4) is 0 Å². The van der Waals surface area contributed by atoms with Crippen LogP contribution < -0.4 is 0 Å². The number of hydrogen-bond donors (Lipinski definition) is 1. The molecule has 0 unspecified atom stereocenters. The normalized spacial score (nSPS) is 15.0. The van der Waals surface area contributed by atoms with Gasteiger partial charge in [-0.1, -0.05) is 6.58 Å². The Bertz CT molecular complexity index is 336. The quantitative estimate of drug-likeness (QED) is 0.533. The van der Waals surface area contributed by atoms with E-state index in [1.54, 1.807) is 0 Å². The standard InChI is InChI=1S/C10H13NO5/c1-7(10(14)15)5-9(13)16-6-11-4-2-3-8(11)12/h1-6H2,(H,14,15). The van der Waals surface area contributed by atoms with Crippen molar-refractivity contribution in [1.29, 1.82) is 0 Å². The van der Waals surface area contributed by atoms with Crippen LogP contribution in [0.5, 0.6) is 0 Å². The molecule has 16 heavy (non-hydrogen) atoms. The van der Waals surface area contributed by atoms with Crippen LogP contribution in [0.1, 0.15) is 19.3 Å². The zero-order chi connectivity index (χ0) is 12.1. The van der Waals surface area contributed by atoms with Crippen LogP contribution in [0.25, 0.3) is 0 Å². The maximum absolute atomic E-state index is 11.1. The summed E-state index contributed by atoms with van der Waals surface area (Å²) in [5.41, 5.74) is -0.224. The Labute approximate surface area is 92.5 Å². The lowest BCUT2D eigenvalue weighted by Crippen LogP contribution is -2.29. The number of amides is 1. The molecular formula is C10H13NO5. The van der Waals surface area contributed by atoms with Crippen LogP contribution in [0, 0.1) is 0 Å². The van der Waals surface area contributed by atoms with Gasteiger partial charge in [0, 0.05) is 18.5 Å². The minimum Gasteiger partial charge on any atom is -0.478 e. The van der Waals surface area contributed by atoms with Crippen molar-refractivity contribution in [2.45, 2.75) is 19.3 Å². The van der Waals surface area contributed by atoms with Crippen molar-refractivity contribution in [1.82, 2.24) is 4.90 Å². The number of esters is 1. The van der Waals surface area contributed by atoms with Gasteiger partial charge in [0.2, 0.25) is 5.91 Å². The Kier molecular flexibility index (Phi) is 4.04. The summed E-state index contributed by atoms with van der Waals surface area (Å²) in [4.78, 5) is 34.1. The van der Waals surface area contributed by atoms with E-state index in [4.69, 9.17) is 9.84 Å². The largest absolute Gasteiger partial charge is 0.478 e. The van der Waals surface area contributed by atoms with E-state index >= 15 is 0 Å². The third-order valence-corrected chi connectivity index (χ3v) is 2.21. The molecule has 0 aromatic rings. The highest BCUT2D eigenvalue weighted by atomic mass is 16.5. The van der Waals surface area contributed by atoms with Gasteiger partial charge in [0.1, 0.15) is 0 Å². The van der Waals surface area contributed by atoms with Gasteiger partial charge >= 0.3 is 11.9 Å². The van der Waals surface area contributed by atoms with Gasteiger partial charge in [-0.2, -0.15) is 0 Å². The lowest BCUT2D eigenvalue weighted by Gasteiger charge is -2.15. The van der Waals surface area contributed by atoms with Crippen LogP contribution in [0.3, 0.4) is 0 Å². The Morgan fingerprint density at radius 2 is 2.19 bits per heavy atom. The fourth-order valence-corrected chi connectivity index (χ4v) is 1.29. The number of likely N-dealkylation sites (tertiary alicyclic amines) is 1. The summed E-state index contributed by atoms with van der Waals surface area (Å²) in [6, 6.07) is 0. The van der Waals surface area contributed by atoms with Crippen LogP contribution in [-0.2, 0) is 19.1 Å². The van der Waals surface area contributed by atoms with Crippen molar-refractivity contribution >= 4 is 17.8 Å². The molecule has 88 valence electrons. The Hall–Kier alpha value is -1.85. The van der Waals surface area contributed by atoms with E-state index in [0.717, 1.165) is 6.42 Å². The molecule has 6 nitrogen and oxygen atoms in total. The molecule has 0 atom stereocenters. The van der Waals surface area contributed by atoms with E-state index in [1.807, 2.05) is 0 Å². The number of nitrogens with zero attached hydrogens (tertiary/aromatic N) is 1. The summed E-state index contributed by atoms with van der Waals surface area (Å²) in [6.07, 6.45) is 0.870. The van der Waals surface area contributed by atoms with E-state index in [-0.39, 0.29) is 24.6 Å². The molecule has 0 aromatic heterocycles. The van der Waals surface area contributed by atoms with Gasteiger partial charge in [-0.05, 0) is 6.42 Å². The predicted octanol–water partition coefficient (Wildman–Crippen LogP) is 0.140. The monoisotopic (exact) mass is 227 g/mol. The molecule has 1 N–H and O–H groups in total. The average molecular weight is 227 g/mol. The molecule has 0 radical (unpaired) electrons. The zero-order valence-corrected chi connectivity index (χ0v) is 8.77. The molecule has 0 aromatic carbocycles. The fraction of sp³-hybridized carbons (Fsp3) is 0.500. The molecule has 1 amide bonds. The minimum atomic E-state index is -1.23. The third-order valence-electron chi connectivity index (χ3n) is 2.21. The molecule has 0 spiro atoms. The van der Waals surface area contributed by atoms with Crippen molar-refractivity contribution in [2.24, 2.45) is 0 Å². The first-order chi connectivity index (χ1) is 7.50. The van der Waals surface area contributed by atoms with Crippen molar-refractivity contribution in [3.05, 3.63) is 12.2 Å². The van der Waals surface area contributed by atoms with E-state index in [2.05, 4.69) is 6.58 Å².